The van der Waals surface area contributed by atoms with Gasteiger partial charge in [-0.05, 0) is 12.1 Å². The van der Waals surface area contributed by atoms with Gasteiger partial charge in [-0.3, -0.25) is 9.69 Å². The van der Waals surface area contributed by atoms with E-state index < -0.39 is 0 Å². The quantitative estimate of drug-likeness (QED) is 0.453. The average Bonchev–Trinajstić information content (AvgIpc) is 2.72. The molecular weight excluding hydrogens is 346 g/mol. The van der Waals surface area contributed by atoms with E-state index in [-0.39, 0.29) is 17.6 Å². The Hall–Kier alpha value is -2.76. The minimum Gasteiger partial charge on any atom is -0.486 e. The molecule has 2 aliphatic heterocycles. The van der Waals surface area contributed by atoms with Crippen molar-refractivity contribution in [3.8, 4) is 17.6 Å². The van der Waals surface area contributed by atoms with Crippen LogP contribution >= 0.6 is 0 Å². The number of nitrogens with one attached hydrogen (secondary N) is 3. The number of piperazine rings is 1. The summed E-state index contributed by atoms with van der Waals surface area (Å²) >= 11 is 0. The van der Waals surface area contributed by atoms with E-state index in [1.165, 1.54) is 6.20 Å². The molecule has 0 saturated carbocycles. The molecule has 2 heterocycles. The second-order valence-electron chi connectivity index (χ2n) is 6.42. The van der Waals surface area contributed by atoms with E-state index in [1.807, 2.05) is 30.3 Å². The molecule has 1 unspecified atom stereocenters. The normalized spacial score (nSPS) is 19.8. The number of hydrogen-bond donors (Lipinski definition) is 3. The zero-order chi connectivity index (χ0) is 18.9. The lowest BCUT2D eigenvalue weighted by atomic mass is 10.2. The third-order valence-electron chi connectivity index (χ3n) is 4.45. The molecule has 1 fully saturated rings. The van der Waals surface area contributed by atoms with Crippen molar-refractivity contribution in [2.75, 3.05) is 52.4 Å². The first kappa shape index (κ1) is 19.0. The number of amides is 1. The van der Waals surface area contributed by atoms with Crippen molar-refractivity contribution in [1.29, 1.82) is 5.26 Å². The van der Waals surface area contributed by atoms with E-state index in [0.29, 0.717) is 25.4 Å². The number of carbonyl (C=O) groups excluding carboxylic acids is 1. The Labute approximate surface area is 159 Å². The van der Waals surface area contributed by atoms with Crippen molar-refractivity contribution in [2.24, 2.45) is 0 Å². The molecule has 0 radical (unpaired) electrons. The fraction of sp³-hybridized carbons (Fsp3) is 0.474. The summed E-state index contributed by atoms with van der Waals surface area (Å²) in [6.07, 6.45) is 1.25. The summed E-state index contributed by atoms with van der Waals surface area (Å²) in [4.78, 5) is 14.4. The molecule has 0 aliphatic carbocycles. The Bertz CT molecular complexity index is 710. The fourth-order valence-corrected chi connectivity index (χ4v) is 2.96. The summed E-state index contributed by atoms with van der Waals surface area (Å²) in [5.41, 5.74) is 0.0486. The lowest BCUT2D eigenvalue weighted by Crippen LogP contribution is -2.46. The van der Waals surface area contributed by atoms with Gasteiger partial charge in [0.1, 0.15) is 24.4 Å². The highest BCUT2D eigenvalue weighted by Gasteiger charge is 2.20. The standard InChI is InChI=1S/C19H25N5O3/c20-11-15(19(25)23-7-10-24-8-5-21-6-9-24)12-22-13-16-14-26-17-3-1-2-4-18(17)27-16/h1-4,12,16,21-22H,5-10,13-14H2,(H,23,25)/b15-12-. The molecule has 1 amide bonds. The molecule has 8 heteroatoms. The Morgan fingerprint density at radius 2 is 2.11 bits per heavy atom. The van der Waals surface area contributed by atoms with Gasteiger partial charge < -0.3 is 25.4 Å². The molecule has 0 spiro atoms. The first-order valence-corrected chi connectivity index (χ1v) is 9.19. The highest BCUT2D eigenvalue weighted by molar-refractivity contribution is 5.97. The summed E-state index contributed by atoms with van der Waals surface area (Å²) in [7, 11) is 0. The van der Waals surface area contributed by atoms with E-state index in [0.717, 1.165) is 38.5 Å². The van der Waals surface area contributed by atoms with Gasteiger partial charge in [-0.1, -0.05) is 12.1 Å². The smallest absolute Gasteiger partial charge is 0.263 e. The molecular formula is C19H25N5O3. The second-order valence-corrected chi connectivity index (χ2v) is 6.42. The maximum atomic E-state index is 12.1. The van der Waals surface area contributed by atoms with Crippen LogP contribution in [0.4, 0.5) is 0 Å². The molecule has 2 aliphatic rings. The van der Waals surface area contributed by atoms with Crippen LogP contribution in [-0.2, 0) is 4.79 Å². The molecule has 3 N–H and O–H groups in total. The topological polar surface area (TPSA) is 98.6 Å². The van der Waals surface area contributed by atoms with Crippen LogP contribution in [0.5, 0.6) is 11.5 Å². The monoisotopic (exact) mass is 371 g/mol. The molecule has 1 atom stereocenters. The fourth-order valence-electron chi connectivity index (χ4n) is 2.96. The van der Waals surface area contributed by atoms with Crippen LogP contribution in [0.15, 0.2) is 36.0 Å². The van der Waals surface area contributed by atoms with Crippen LogP contribution in [-0.4, -0.2) is 69.3 Å². The minimum atomic E-state index is -0.369. The van der Waals surface area contributed by atoms with Crippen LogP contribution in [0.25, 0.3) is 0 Å². The van der Waals surface area contributed by atoms with Crippen molar-refractivity contribution in [3.63, 3.8) is 0 Å². The number of hydrogen-bond acceptors (Lipinski definition) is 7. The molecule has 8 nitrogen and oxygen atoms in total. The zero-order valence-electron chi connectivity index (χ0n) is 15.2. The van der Waals surface area contributed by atoms with Gasteiger partial charge in [0.05, 0.1) is 6.54 Å². The largest absolute Gasteiger partial charge is 0.486 e. The van der Waals surface area contributed by atoms with Gasteiger partial charge in [0.15, 0.2) is 11.5 Å². The van der Waals surface area contributed by atoms with Crippen molar-refractivity contribution in [1.82, 2.24) is 20.9 Å². The lowest BCUT2D eigenvalue weighted by molar-refractivity contribution is -0.117. The Balaban J connectivity index is 1.40. The van der Waals surface area contributed by atoms with Crippen LogP contribution in [0, 0.1) is 11.3 Å². The number of carbonyl (C=O) groups is 1. The van der Waals surface area contributed by atoms with Crippen molar-refractivity contribution in [2.45, 2.75) is 6.10 Å². The van der Waals surface area contributed by atoms with Crippen LogP contribution < -0.4 is 25.4 Å². The highest BCUT2D eigenvalue weighted by Crippen LogP contribution is 2.30. The van der Waals surface area contributed by atoms with E-state index in [1.54, 1.807) is 0 Å². The van der Waals surface area contributed by atoms with Gasteiger partial charge in [0.25, 0.3) is 5.91 Å². The number of ether oxygens (including phenoxy) is 2. The molecule has 1 saturated heterocycles. The van der Waals surface area contributed by atoms with Crippen molar-refractivity contribution >= 4 is 5.91 Å². The first-order valence-electron chi connectivity index (χ1n) is 9.19. The number of nitriles is 1. The summed E-state index contributed by atoms with van der Waals surface area (Å²) in [6, 6.07) is 9.42. The summed E-state index contributed by atoms with van der Waals surface area (Å²) in [6.45, 7) is 6.05. The van der Waals surface area contributed by atoms with Crippen molar-refractivity contribution < 1.29 is 14.3 Å². The predicted molar refractivity (Wildman–Crippen MR) is 100 cm³/mol. The lowest BCUT2D eigenvalue weighted by Gasteiger charge is -2.27. The van der Waals surface area contributed by atoms with E-state index in [9.17, 15) is 10.1 Å². The zero-order valence-corrected chi connectivity index (χ0v) is 15.2. The Morgan fingerprint density at radius 1 is 1.33 bits per heavy atom. The third kappa shape index (κ3) is 5.61. The van der Waals surface area contributed by atoms with Gasteiger partial charge in [0.2, 0.25) is 0 Å². The van der Waals surface area contributed by atoms with E-state index >= 15 is 0 Å². The number of benzene rings is 1. The van der Waals surface area contributed by atoms with Gasteiger partial charge in [-0.2, -0.15) is 5.26 Å². The van der Waals surface area contributed by atoms with Crippen LogP contribution in [0.3, 0.4) is 0 Å². The van der Waals surface area contributed by atoms with Crippen molar-refractivity contribution in [3.05, 3.63) is 36.0 Å². The number of rotatable bonds is 7. The molecule has 0 bridgehead atoms. The van der Waals surface area contributed by atoms with E-state index in [2.05, 4.69) is 20.9 Å². The number of nitrogens with zero attached hydrogens (tertiary/aromatic N) is 2. The van der Waals surface area contributed by atoms with Gasteiger partial charge >= 0.3 is 0 Å². The number of fused-ring (bicyclic) bond motifs is 1. The maximum absolute atomic E-state index is 12.1. The second kappa shape index (κ2) is 9.80. The molecule has 1 aromatic rings. The maximum Gasteiger partial charge on any atom is 0.263 e. The summed E-state index contributed by atoms with van der Waals surface area (Å²) in [5.74, 6) is 1.06. The van der Waals surface area contributed by atoms with Gasteiger partial charge in [0, 0.05) is 45.5 Å². The Kier molecular flexibility index (Phi) is 6.90. The van der Waals surface area contributed by atoms with Crippen LogP contribution in [0.1, 0.15) is 0 Å². The third-order valence-corrected chi connectivity index (χ3v) is 4.45. The molecule has 3 rings (SSSR count). The minimum absolute atomic E-state index is 0.0486. The molecule has 1 aromatic carbocycles. The van der Waals surface area contributed by atoms with E-state index in [4.69, 9.17) is 9.47 Å². The summed E-state index contributed by atoms with van der Waals surface area (Å²) < 4.78 is 11.5. The first-order chi connectivity index (χ1) is 13.3. The SMILES string of the molecule is N#C/C(=C/NCC1COc2ccccc2O1)C(=O)NCCN1CCNCC1. The van der Waals surface area contributed by atoms with Crippen LogP contribution in [0.2, 0.25) is 0 Å². The highest BCUT2D eigenvalue weighted by atomic mass is 16.6. The number of para-hydroxylation sites is 2. The van der Waals surface area contributed by atoms with Gasteiger partial charge in [-0.25, -0.2) is 0 Å². The van der Waals surface area contributed by atoms with Gasteiger partial charge in [-0.15, -0.1) is 0 Å². The molecule has 0 aromatic heterocycles. The average molecular weight is 371 g/mol. The molecule has 144 valence electrons. The predicted octanol–water partition coefficient (Wildman–Crippen LogP) is -0.155. The summed E-state index contributed by atoms with van der Waals surface area (Å²) in [5, 5.41) is 18.3. The Morgan fingerprint density at radius 3 is 2.89 bits per heavy atom. The molecule has 27 heavy (non-hydrogen) atoms.